The Balaban J connectivity index is 2.33. The fourth-order valence-corrected chi connectivity index (χ4v) is 2.49. The van der Waals surface area contributed by atoms with Gasteiger partial charge in [-0.1, -0.05) is 11.6 Å². The Labute approximate surface area is 103 Å². The first-order valence-electron chi connectivity index (χ1n) is 5.83. The molecular weight excluding hydrogens is 226 g/mol. The number of fused-ring (bicyclic) bond motifs is 5. The molecule has 0 N–H and O–H groups in total. The Kier molecular flexibility index (Phi) is 1.63. The lowest BCUT2D eigenvalue weighted by molar-refractivity contribution is 0.799. The molecule has 0 spiro atoms. The zero-order chi connectivity index (χ0) is 12.3. The molecule has 4 aromatic rings. The van der Waals surface area contributed by atoms with E-state index in [4.69, 9.17) is 0 Å². The highest BCUT2D eigenvalue weighted by molar-refractivity contribution is 5.92. The molecule has 1 aromatic carbocycles. The predicted octanol–water partition coefficient (Wildman–Crippen LogP) is 2.15. The van der Waals surface area contributed by atoms with Crippen molar-refractivity contribution in [2.45, 2.75) is 13.8 Å². The van der Waals surface area contributed by atoms with E-state index in [1.165, 1.54) is 16.5 Å². The van der Waals surface area contributed by atoms with Crippen molar-refractivity contribution in [2.75, 3.05) is 0 Å². The molecule has 3 aromatic heterocycles. The van der Waals surface area contributed by atoms with E-state index in [1.54, 1.807) is 4.52 Å². The number of benzene rings is 1. The summed E-state index contributed by atoms with van der Waals surface area (Å²) >= 11 is 0. The van der Waals surface area contributed by atoms with E-state index in [1.807, 2.05) is 6.92 Å². The second-order valence-corrected chi connectivity index (χ2v) is 4.65. The zero-order valence-electron chi connectivity index (χ0n) is 10.1. The molecule has 0 aliphatic heterocycles. The lowest BCUT2D eigenvalue weighted by Gasteiger charge is -2.01. The van der Waals surface area contributed by atoms with Gasteiger partial charge >= 0.3 is 0 Å². The Morgan fingerprint density at radius 3 is 2.83 bits per heavy atom. The molecule has 0 fully saturated rings. The van der Waals surface area contributed by atoms with Crippen LogP contribution in [-0.2, 0) is 0 Å². The van der Waals surface area contributed by atoms with E-state index < -0.39 is 0 Å². The van der Waals surface area contributed by atoms with Gasteiger partial charge in [0.2, 0.25) is 5.65 Å². The molecule has 88 valence electrons. The third kappa shape index (κ3) is 1.08. The smallest absolute Gasteiger partial charge is 0.203 e. The molecule has 3 heterocycles. The van der Waals surface area contributed by atoms with Gasteiger partial charge in [0.1, 0.15) is 0 Å². The van der Waals surface area contributed by atoms with E-state index in [-0.39, 0.29) is 0 Å². The van der Waals surface area contributed by atoms with Gasteiger partial charge in [-0.2, -0.15) is 4.52 Å². The molecule has 0 aliphatic rings. The van der Waals surface area contributed by atoms with Gasteiger partial charge in [-0.25, -0.2) is 0 Å². The second-order valence-electron chi connectivity index (χ2n) is 4.65. The van der Waals surface area contributed by atoms with Crippen LogP contribution >= 0.6 is 0 Å². The third-order valence-corrected chi connectivity index (χ3v) is 3.34. The first-order chi connectivity index (χ1) is 8.74. The summed E-state index contributed by atoms with van der Waals surface area (Å²) in [7, 11) is 0. The van der Waals surface area contributed by atoms with Gasteiger partial charge in [0.05, 0.1) is 16.7 Å². The van der Waals surface area contributed by atoms with Crippen LogP contribution in [0.2, 0.25) is 0 Å². The maximum absolute atomic E-state index is 4.11. The summed E-state index contributed by atoms with van der Waals surface area (Å²) in [6, 6.07) is 8.57. The Bertz CT molecular complexity index is 900. The predicted molar refractivity (Wildman–Crippen MR) is 68.7 cm³/mol. The summed E-state index contributed by atoms with van der Waals surface area (Å²) in [5, 5.41) is 13.1. The normalized spacial score (nSPS) is 11.9. The molecule has 18 heavy (non-hydrogen) atoms. The number of hydrogen-bond donors (Lipinski definition) is 0. The number of nitrogens with zero attached hydrogens (tertiary/aromatic N) is 5. The van der Waals surface area contributed by atoms with E-state index in [9.17, 15) is 0 Å². The highest BCUT2D eigenvalue weighted by atomic mass is 15.5. The minimum absolute atomic E-state index is 0.795. The lowest BCUT2D eigenvalue weighted by atomic mass is 10.2. The summed E-state index contributed by atoms with van der Waals surface area (Å²) in [5.74, 6) is 0. The minimum Gasteiger partial charge on any atom is -0.311 e. The highest BCUT2D eigenvalue weighted by Crippen LogP contribution is 2.24. The molecule has 0 atom stereocenters. The highest BCUT2D eigenvalue weighted by Gasteiger charge is 2.10. The van der Waals surface area contributed by atoms with Gasteiger partial charge in [-0.3, -0.25) is 0 Å². The Hall–Kier alpha value is -2.43. The molecular formula is C13H11N5. The average Bonchev–Trinajstić information content (AvgIpc) is 2.93. The molecule has 0 unspecified atom stereocenters. The SMILES string of the molecule is Cc1ccc2c(c1)cc1c3nnnn3c(C)cn21. The number of tetrazole rings is 1. The molecule has 0 saturated carbocycles. The Morgan fingerprint density at radius 1 is 1.06 bits per heavy atom. The van der Waals surface area contributed by atoms with Crippen molar-refractivity contribution in [2.24, 2.45) is 0 Å². The molecule has 0 amide bonds. The van der Waals surface area contributed by atoms with Crippen molar-refractivity contribution in [3.8, 4) is 0 Å². The van der Waals surface area contributed by atoms with Crippen LogP contribution in [0.3, 0.4) is 0 Å². The van der Waals surface area contributed by atoms with E-state index in [2.05, 4.69) is 57.3 Å². The van der Waals surface area contributed by atoms with Crippen molar-refractivity contribution in [3.05, 3.63) is 41.7 Å². The summed E-state index contributed by atoms with van der Waals surface area (Å²) in [6.45, 7) is 4.10. The first-order valence-corrected chi connectivity index (χ1v) is 5.83. The second kappa shape index (κ2) is 3.07. The van der Waals surface area contributed by atoms with Gasteiger partial charge in [0.15, 0.2) is 0 Å². The molecule has 0 radical (unpaired) electrons. The minimum atomic E-state index is 0.795. The standard InChI is InChI=1S/C13H11N5/c1-8-3-4-11-10(5-8)6-12-13-14-15-16-18(13)9(2)7-17(11)12/h3-7H,1-2H3. The topological polar surface area (TPSA) is 47.5 Å². The third-order valence-electron chi connectivity index (χ3n) is 3.34. The van der Waals surface area contributed by atoms with Crippen LogP contribution in [0.15, 0.2) is 30.5 Å². The lowest BCUT2D eigenvalue weighted by Crippen LogP contribution is -1.98. The number of aryl methyl sites for hydroxylation is 2. The van der Waals surface area contributed by atoms with E-state index >= 15 is 0 Å². The maximum Gasteiger partial charge on any atom is 0.203 e. The summed E-state index contributed by atoms with van der Waals surface area (Å²) in [4.78, 5) is 0. The number of aromatic nitrogens is 5. The van der Waals surface area contributed by atoms with Gasteiger partial charge < -0.3 is 4.40 Å². The van der Waals surface area contributed by atoms with Crippen molar-refractivity contribution >= 4 is 22.1 Å². The van der Waals surface area contributed by atoms with Crippen LogP contribution in [0.1, 0.15) is 11.3 Å². The van der Waals surface area contributed by atoms with Gasteiger partial charge in [0, 0.05) is 11.6 Å². The molecule has 0 bridgehead atoms. The van der Waals surface area contributed by atoms with Gasteiger partial charge in [-0.15, -0.1) is 5.10 Å². The molecule has 5 nitrogen and oxygen atoms in total. The van der Waals surface area contributed by atoms with Crippen LogP contribution in [0.5, 0.6) is 0 Å². The van der Waals surface area contributed by atoms with Crippen LogP contribution in [0, 0.1) is 13.8 Å². The monoisotopic (exact) mass is 237 g/mol. The Morgan fingerprint density at radius 2 is 1.94 bits per heavy atom. The van der Waals surface area contributed by atoms with Crippen LogP contribution < -0.4 is 0 Å². The van der Waals surface area contributed by atoms with Crippen molar-refractivity contribution in [1.82, 2.24) is 24.4 Å². The van der Waals surface area contributed by atoms with Gasteiger partial charge in [-0.05, 0) is 42.5 Å². The fourth-order valence-electron chi connectivity index (χ4n) is 2.49. The van der Waals surface area contributed by atoms with Crippen molar-refractivity contribution in [3.63, 3.8) is 0 Å². The average molecular weight is 237 g/mol. The van der Waals surface area contributed by atoms with E-state index in [0.29, 0.717) is 0 Å². The summed E-state index contributed by atoms with van der Waals surface area (Å²) < 4.78 is 3.91. The molecule has 5 heteroatoms. The first kappa shape index (κ1) is 9.58. The van der Waals surface area contributed by atoms with Crippen molar-refractivity contribution < 1.29 is 0 Å². The molecule has 0 saturated heterocycles. The maximum atomic E-state index is 4.11. The zero-order valence-corrected chi connectivity index (χ0v) is 10.1. The fraction of sp³-hybridized carbons (Fsp3) is 0.154. The van der Waals surface area contributed by atoms with Crippen LogP contribution in [0.4, 0.5) is 0 Å². The van der Waals surface area contributed by atoms with Gasteiger partial charge in [0.25, 0.3) is 0 Å². The van der Waals surface area contributed by atoms with E-state index in [0.717, 1.165) is 16.9 Å². The molecule has 0 aliphatic carbocycles. The van der Waals surface area contributed by atoms with Crippen molar-refractivity contribution in [1.29, 1.82) is 0 Å². The largest absolute Gasteiger partial charge is 0.311 e. The van der Waals surface area contributed by atoms with Crippen LogP contribution in [-0.4, -0.2) is 24.4 Å². The summed E-state index contributed by atoms with van der Waals surface area (Å²) in [6.07, 6.45) is 2.07. The summed E-state index contributed by atoms with van der Waals surface area (Å²) in [5.41, 5.74) is 5.28. The molecule has 4 rings (SSSR count). The van der Waals surface area contributed by atoms with Crippen LogP contribution in [0.25, 0.3) is 22.1 Å². The number of rotatable bonds is 0. The number of hydrogen-bond acceptors (Lipinski definition) is 3. The quantitative estimate of drug-likeness (QED) is 0.471.